The fourth-order valence-corrected chi connectivity index (χ4v) is 7.47. The topological polar surface area (TPSA) is 11.6 Å². The smallest absolute Gasteiger partial charge is 0.201 e. The monoisotopic (exact) mass is 556 g/mol. The number of pyridine rings is 3. The average Bonchev–Trinajstić information content (AvgIpc) is 3.07. The van der Waals surface area contributed by atoms with Crippen molar-refractivity contribution < 1.29 is 13.7 Å². The predicted octanol–water partition coefficient (Wildman–Crippen LogP) is 7.65. The van der Waals surface area contributed by atoms with E-state index in [1.165, 1.54) is 89.8 Å². The van der Waals surface area contributed by atoms with Gasteiger partial charge in [-0.05, 0) is 80.8 Å². The largest absolute Gasteiger partial charge is 0.240 e. The second-order valence-electron chi connectivity index (χ2n) is 12.0. The van der Waals surface area contributed by atoms with Crippen LogP contribution < -0.4 is 13.7 Å². The van der Waals surface area contributed by atoms with Gasteiger partial charge in [-0.25, -0.2) is 4.57 Å². The molecule has 2 aliphatic heterocycles. The number of rotatable bonds is 1. The Balaban J connectivity index is 1.77. The maximum Gasteiger partial charge on any atom is 0.240 e. The molecule has 206 valence electrons. The molecular formula is C40H34N3+3. The summed E-state index contributed by atoms with van der Waals surface area (Å²) >= 11 is 0. The highest BCUT2D eigenvalue weighted by molar-refractivity contribution is 5.93. The molecule has 0 amide bonds. The molecule has 0 fully saturated rings. The van der Waals surface area contributed by atoms with Crippen molar-refractivity contribution in [3.05, 3.63) is 143 Å². The first-order chi connectivity index (χ1) is 20.9. The Bertz CT molecular complexity index is 2180. The standard InChI is InChI=1S/C40H34N3/c1-25-22-26(2)37-34-19-11-13-21-42(34)35-24-29-14-6-7-15-30(29)38-27(3)23-28(4)39(32-17-9-8-16-31(32)35)43(38)40(37)36(25)33-18-10-12-20-41(33)5/h6-24H,1-5H3/q+3/b29-24?,35-24+,37-34?,38-30?,42-35?,43-40?. The first-order valence-corrected chi connectivity index (χ1v) is 15.0. The predicted molar refractivity (Wildman–Crippen MR) is 173 cm³/mol. The Morgan fingerprint density at radius 1 is 0.512 bits per heavy atom. The van der Waals surface area contributed by atoms with Gasteiger partial charge >= 0.3 is 0 Å². The molecule has 0 atom stereocenters. The zero-order valence-corrected chi connectivity index (χ0v) is 25.3. The summed E-state index contributed by atoms with van der Waals surface area (Å²) < 4.78 is 7.27. The second kappa shape index (κ2) is 9.43. The molecule has 0 saturated heterocycles. The fraction of sp³-hybridized carbons (Fsp3) is 0.125. The van der Waals surface area contributed by atoms with E-state index in [1.54, 1.807) is 0 Å². The number of hydrogen-bond acceptors (Lipinski definition) is 0. The minimum Gasteiger partial charge on any atom is -0.201 e. The molecule has 5 heterocycles. The molecule has 0 N–H and O–H groups in total. The summed E-state index contributed by atoms with van der Waals surface area (Å²) in [6.07, 6.45) is 6.77. The SMILES string of the molecule is Cc1cc(C)c2c(c1-c1cccc[n+]1C)-[n+]1c3c(C)cc(C)c1-c1ccccc1/C(=C\c1ccccc1-3)[n+]1ccccc1-2. The van der Waals surface area contributed by atoms with E-state index in [4.69, 9.17) is 0 Å². The van der Waals surface area contributed by atoms with Gasteiger partial charge in [-0.3, -0.25) is 0 Å². The number of aromatic nitrogens is 3. The van der Waals surface area contributed by atoms with E-state index in [-0.39, 0.29) is 0 Å². The van der Waals surface area contributed by atoms with E-state index < -0.39 is 0 Å². The fourth-order valence-electron chi connectivity index (χ4n) is 7.47. The van der Waals surface area contributed by atoms with Crippen molar-refractivity contribution >= 4 is 11.8 Å². The van der Waals surface area contributed by atoms with Crippen molar-refractivity contribution in [3.63, 3.8) is 0 Å². The molecule has 4 bridgehead atoms. The molecule has 3 heteroatoms. The molecule has 0 radical (unpaired) electrons. The van der Waals surface area contributed by atoms with E-state index in [1.807, 2.05) is 0 Å². The maximum atomic E-state index is 2.61. The van der Waals surface area contributed by atoms with Crippen LogP contribution in [-0.4, -0.2) is 0 Å². The van der Waals surface area contributed by atoms with Crippen molar-refractivity contribution in [2.45, 2.75) is 27.7 Å². The lowest BCUT2D eigenvalue weighted by molar-refractivity contribution is -0.661. The zero-order chi connectivity index (χ0) is 29.4. The number of nitrogens with zero attached hydrogens (tertiary/aromatic N) is 3. The second-order valence-corrected chi connectivity index (χ2v) is 12.0. The molecule has 0 spiro atoms. The van der Waals surface area contributed by atoms with Gasteiger partial charge in [0, 0.05) is 41.5 Å². The molecule has 43 heavy (non-hydrogen) atoms. The Kier molecular flexibility index (Phi) is 5.61. The molecule has 3 aromatic carbocycles. The van der Waals surface area contributed by atoms with Crippen LogP contribution in [0.3, 0.4) is 0 Å². The first kappa shape index (κ1) is 25.6. The van der Waals surface area contributed by atoms with Crippen LogP contribution in [0.2, 0.25) is 0 Å². The molecule has 0 saturated carbocycles. The van der Waals surface area contributed by atoms with E-state index in [0.29, 0.717) is 0 Å². The number of hydrogen-bond donors (Lipinski definition) is 0. The molecule has 8 rings (SSSR count). The van der Waals surface area contributed by atoms with Gasteiger partial charge in [-0.15, -0.1) is 0 Å². The van der Waals surface area contributed by atoms with Crippen molar-refractivity contribution in [2.75, 3.05) is 0 Å². The van der Waals surface area contributed by atoms with Crippen LogP contribution in [0.25, 0.3) is 62.5 Å². The van der Waals surface area contributed by atoms with Gasteiger partial charge in [0.1, 0.15) is 18.2 Å². The number of benzene rings is 3. The van der Waals surface area contributed by atoms with E-state index in [2.05, 4.69) is 164 Å². The average molecular weight is 557 g/mol. The molecule has 6 aromatic rings. The van der Waals surface area contributed by atoms with E-state index in [0.717, 1.165) is 0 Å². The summed E-state index contributed by atoms with van der Waals surface area (Å²) in [5.74, 6) is 0. The third-order valence-corrected chi connectivity index (χ3v) is 9.20. The van der Waals surface area contributed by atoms with Crippen LogP contribution in [0.5, 0.6) is 0 Å². The highest BCUT2D eigenvalue weighted by Gasteiger charge is 2.42. The lowest BCUT2D eigenvalue weighted by Crippen LogP contribution is -2.42. The van der Waals surface area contributed by atoms with Gasteiger partial charge in [0.25, 0.3) is 0 Å². The van der Waals surface area contributed by atoms with E-state index in [9.17, 15) is 0 Å². The zero-order valence-electron chi connectivity index (χ0n) is 25.3. The van der Waals surface area contributed by atoms with Crippen LogP contribution in [0.15, 0.2) is 109 Å². The first-order valence-electron chi connectivity index (χ1n) is 15.0. The highest BCUT2D eigenvalue weighted by Crippen LogP contribution is 2.44. The van der Waals surface area contributed by atoms with Crippen molar-refractivity contribution in [2.24, 2.45) is 7.05 Å². The van der Waals surface area contributed by atoms with Gasteiger partial charge in [-0.1, -0.05) is 36.4 Å². The summed E-state index contributed by atoms with van der Waals surface area (Å²) in [7, 11) is 2.15. The van der Waals surface area contributed by atoms with Gasteiger partial charge in [0.2, 0.25) is 34.2 Å². The van der Waals surface area contributed by atoms with Gasteiger partial charge in [0.15, 0.2) is 12.4 Å². The van der Waals surface area contributed by atoms with Crippen LogP contribution in [-0.2, 0) is 7.05 Å². The molecule has 0 aliphatic carbocycles. The van der Waals surface area contributed by atoms with Gasteiger partial charge < -0.3 is 0 Å². The van der Waals surface area contributed by atoms with Crippen LogP contribution in [0.4, 0.5) is 0 Å². The summed E-state index contributed by atoms with van der Waals surface area (Å²) in [6, 6.07) is 35.7. The Morgan fingerprint density at radius 2 is 1.07 bits per heavy atom. The number of aryl methyl sites for hydroxylation is 5. The summed E-state index contributed by atoms with van der Waals surface area (Å²) in [4.78, 5) is 0. The minimum atomic E-state index is 1.17. The lowest BCUT2D eigenvalue weighted by atomic mass is 9.89. The van der Waals surface area contributed by atoms with Crippen molar-refractivity contribution in [1.29, 1.82) is 0 Å². The van der Waals surface area contributed by atoms with Crippen LogP contribution in [0, 0.1) is 27.7 Å². The Labute approximate surface area is 253 Å². The third kappa shape index (κ3) is 3.64. The van der Waals surface area contributed by atoms with Crippen molar-refractivity contribution in [3.8, 4) is 50.7 Å². The molecule has 0 unspecified atom stereocenters. The maximum absolute atomic E-state index is 2.61. The Morgan fingerprint density at radius 3 is 1.81 bits per heavy atom. The summed E-state index contributed by atoms with van der Waals surface area (Å²) in [6.45, 7) is 9.08. The third-order valence-electron chi connectivity index (χ3n) is 9.20. The van der Waals surface area contributed by atoms with Gasteiger partial charge in [-0.2, -0.15) is 9.13 Å². The minimum absolute atomic E-state index is 1.17. The van der Waals surface area contributed by atoms with Crippen molar-refractivity contribution in [1.82, 2.24) is 0 Å². The van der Waals surface area contributed by atoms with Gasteiger partial charge in [0.05, 0.1) is 16.7 Å². The quantitative estimate of drug-likeness (QED) is 0.184. The molecule has 2 aliphatic rings. The molecule has 3 aromatic heterocycles. The summed E-state index contributed by atoms with van der Waals surface area (Å²) in [5, 5.41) is 0. The number of fused-ring (bicyclic) bond motifs is 6. The normalized spacial score (nSPS) is 13.7. The highest BCUT2D eigenvalue weighted by atomic mass is 15.1. The van der Waals surface area contributed by atoms with Crippen LogP contribution >= 0.6 is 0 Å². The lowest BCUT2D eigenvalue weighted by Gasteiger charge is -2.20. The molecular weight excluding hydrogens is 522 g/mol. The summed E-state index contributed by atoms with van der Waals surface area (Å²) in [5.41, 5.74) is 19.7. The Hall–Kier alpha value is -5.15. The van der Waals surface area contributed by atoms with Crippen LogP contribution in [0.1, 0.15) is 33.4 Å². The van der Waals surface area contributed by atoms with E-state index >= 15 is 0 Å². The molecule has 3 nitrogen and oxygen atoms in total.